The molecule has 9 heteroatoms. The molecule has 0 spiro atoms. The molecule has 0 radical (unpaired) electrons. The van der Waals surface area contributed by atoms with Crippen LogP contribution in [0.25, 0.3) is 11.3 Å². The van der Waals surface area contributed by atoms with Crippen LogP contribution in [0.3, 0.4) is 0 Å². The van der Waals surface area contributed by atoms with Gasteiger partial charge in [0.05, 0.1) is 16.4 Å². The summed E-state index contributed by atoms with van der Waals surface area (Å²) in [6.07, 6.45) is 3.32. The SMILES string of the molecule is O=C(O)CNc1nc(Nc2ccc(I)cc2Cl)cc(-c2ccncc2)n1. The first-order valence-corrected chi connectivity index (χ1v) is 8.94. The molecule has 0 bridgehead atoms. The van der Waals surface area contributed by atoms with Crippen LogP contribution in [-0.4, -0.2) is 32.6 Å². The van der Waals surface area contributed by atoms with E-state index in [0.717, 1.165) is 9.13 Å². The number of carbonyl (C=O) groups is 1. The van der Waals surface area contributed by atoms with Crippen LogP contribution in [0.1, 0.15) is 0 Å². The molecule has 3 aromatic rings. The number of aromatic nitrogens is 3. The zero-order chi connectivity index (χ0) is 18.5. The Bertz CT molecular complexity index is 940. The Hall–Kier alpha value is -2.46. The van der Waals surface area contributed by atoms with Crippen LogP contribution in [0, 0.1) is 3.57 Å². The molecule has 26 heavy (non-hydrogen) atoms. The fraction of sp³-hybridized carbons (Fsp3) is 0.0588. The second-order valence-corrected chi connectivity index (χ2v) is 6.85. The van der Waals surface area contributed by atoms with Crippen molar-refractivity contribution in [3.8, 4) is 11.3 Å². The number of rotatable bonds is 6. The largest absolute Gasteiger partial charge is 0.480 e. The number of pyridine rings is 1. The van der Waals surface area contributed by atoms with Gasteiger partial charge in [-0.05, 0) is 52.9 Å². The molecule has 0 saturated carbocycles. The number of nitrogens with zero attached hydrogens (tertiary/aromatic N) is 3. The molecule has 0 unspecified atom stereocenters. The van der Waals surface area contributed by atoms with Crippen molar-refractivity contribution in [2.75, 3.05) is 17.2 Å². The van der Waals surface area contributed by atoms with Crippen LogP contribution in [0.5, 0.6) is 0 Å². The summed E-state index contributed by atoms with van der Waals surface area (Å²) < 4.78 is 1.02. The van der Waals surface area contributed by atoms with E-state index in [2.05, 4.69) is 48.2 Å². The molecule has 0 saturated heterocycles. The zero-order valence-corrected chi connectivity index (χ0v) is 16.2. The number of anilines is 3. The highest BCUT2D eigenvalue weighted by Crippen LogP contribution is 2.28. The Morgan fingerprint density at radius 3 is 2.62 bits per heavy atom. The fourth-order valence-electron chi connectivity index (χ4n) is 2.14. The molecule has 1 aromatic carbocycles. The topological polar surface area (TPSA) is 100 Å². The predicted molar refractivity (Wildman–Crippen MR) is 109 cm³/mol. The number of nitrogens with one attached hydrogen (secondary N) is 2. The molecule has 0 amide bonds. The monoisotopic (exact) mass is 481 g/mol. The molecule has 7 nitrogen and oxygen atoms in total. The van der Waals surface area contributed by atoms with Crippen LogP contribution < -0.4 is 10.6 Å². The molecule has 3 N–H and O–H groups in total. The first-order chi connectivity index (χ1) is 12.5. The van der Waals surface area contributed by atoms with Gasteiger partial charge in [-0.15, -0.1) is 0 Å². The first-order valence-electron chi connectivity index (χ1n) is 7.48. The molecule has 2 aromatic heterocycles. The summed E-state index contributed by atoms with van der Waals surface area (Å²) in [4.78, 5) is 23.5. The third-order valence-corrected chi connectivity index (χ3v) is 4.28. The van der Waals surface area contributed by atoms with Gasteiger partial charge in [-0.2, -0.15) is 4.98 Å². The zero-order valence-electron chi connectivity index (χ0n) is 13.3. The van der Waals surface area contributed by atoms with Crippen LogP contribution in [0.2, 0.25) is 5.02 Å². The van der Waals surface area contributed by atoms with Crippen molar-refractivity contribution < 1.29 is 9.90 Å². The summed E-state index contributed by atoms with van der Waals surface area (Å²) in [7, 11) is 0. The van der Waals surface area contributed by atoms with Gasteiger partial charge in [0.1, 0.15) is 12.4 Å². The van der Waals surface area contributed by atoms with E-state index in [4.69, 9.17) is 16.7 Å². The number of hydrogen-bond donors (Lipinski definition) is 3. The quantitative estimate of drug-likeness (QED) is 0.457. The summed E-state index contributed by atoms with van der Waals surface area (Å²) in [5.74, 6) is -0.313. The Kier molecular flexibility index (Phi) is 5.84. The molecule has 0 aliphatic rings. The van der Waals surface area contributed by atoms with Crippen LogP contribution in [0.15, 0.2) is 48.8 Å². The fourth-order valence-corrected chi connectivity index (χ4v) is 3.05. The Morgan fingerprint density at radius 2 is 1.92 bits per heavy atom. The maximum atomic E-state index is 10.8. The van der Waals surface area contributed by atoms with Crippen molar-refractivity contribution in [3.63, 3.8) is 0 Å². The van der Waals surface area contributed by atoms with Gasteiger partial charge in [0, 0.05) is 27.6 Å². The molecular formula is C17H13ClIN5O2. The van der Waals surface area contributed by atoms with E-state index in [1.807, 2.05) is 30.3 Å². The lowest BCUT2D eigenvalue weighted by atomic mass is 10.2. The van der Waals surface area contributed by atoms with Gasteiger partial charge < -0.3 is 15.7 Å². The van der Waals surface area contributed by atoms with Gasteiger partial charge in [0.2, 0.25) is 5.95 Å². The lowest BCUT2D eigenvalue weighted by molar-refractivity contribution is -0.134. The Labute approximate surface area is 168 Å². The average Bonchev–Trinajstić information content (AvgIpc) is 2.63. The summed E-state index contributed by atoms with van der Waals surface area (Å²) in [5.41, 5.74) is 2.15. The van der Waals surface area contributed by atoms with Crippen LogP contribution in [0.4, 0.5) is 17.5 Å². The van der Waals surface area contributed by atoms with E-state index in [1.165, 1.54) is 0 Å². The number of hydrogen-bond acceptors (Lipinski definition) is 6. The Morgan fingerprint density at radius 1 is 1.15 bits per heavy atom. The maximum Gasteiger partial charge on any atom is 0.322 e. The maximum absolute atomic E-state index is 10.8. The van der Waals surface area contributed by atoms with Gasteiger partial charge in [0.25, 0.3) is 0 Å². The van der Waals surface area contributed by atoms with E-state index in [1.54, 1.807) is 18.5 Å². The Balaban J connectivity index is 1.97. The smallest absolute Gasteiger partial charge is 0.322 e. The van der Waals surface area contributed by atoms with Crippen molar-refractivity contribution in [1.29, 1.82) is 0 Å². The van der Waals surface area contributed by atoms with Gasteiger partial charge in [0.15, 0.2) is 0 Å². The van der Waals surface area contributed by atoms with E-state index in [-0.39, 0.29) is 12.5 Å². The summed E-state index contributed by atoms with van der Waals surface area (Å²) in [6.45, 7) is -0.288. The minimum absolute atomic E-state index is 0.200. The standard InChI is InChI=1S/C17H13ClIN5O2/c18-12-7-11(19)1-2-13(12)22-15-8-14(10-3-5-20-6-4-10)23-17(24-15)21-9-16(25)26/h1-8H,9H2,(H,25,26)(H2,21,22,23,24). The van der Waals surface area contributed by atoms with Gasteiger partial charge in [-0.3, -0.25) is 9.78 Å². The molecule has 2 heterocycles. The molecule has 0 fully saturated rings. The van der Waals surface area contributed by atoms with Gasteiger partial charge in [-0.1, -0.05) is 11.6 Å². The van der Waals surface area contributed by atoms with Crippen LogP contribution >= 0.6 is 34.2 Å². The first kappa shape index (κ1) is 18.3. The minimum atomic E-state index is -1.00. The third kappa shape index (κ3) is 4.79. The number of carboxylic acid groups (broad SMARTS) is 1. The molecular weight excluding hydrogens is 469 g/mol. The highest BCUT2D eigenvalue weighted by atomic mass is 127. The van der Waals surface area contributed by atoms with E-state index < -0.39 is 5.97 Å². The van der Waals surface area contributed by atoms with Crippen molar-refractivity contribution in [1.82, 2.24) is 15.0 Å². The van der Waals surface area contributed by atoms with Crippen molar-refractivity contribution in [3.05, 3.63) is 57.4 Å². The van der Waals surface area contributed by atoms with Crippen molar-refractivity contribution in [2.45, 2.75) is 0 Å². The third-order valence-electron chi connectivity index (χ3n) is 3.29. The highest BCUT2D eigenvalue weighted by molar-refractivity contribution is 14.1. The number of aliphatic carboxylic acids is 1. The molecule has 3 rings (SSSR count). The summed E-state index contributed by atoms with van der Waals surface area (Å²) >= 11 is 8.45. The highest BCUT2D eigenvalue weighted by Gasteiger charge is 2.10. The normalized spacial score (nSPS) is 10.4. The lowest BCUT2D eigenvalue weighted by Crippen LogP contribution is -2.15. The van der Waals surface area contributed by atoms with Crippen molar-refractivity contribution >= 4 is 57.6 Å². The second-order valence-electron chi connectivity index (χ2n) is 5.19. The number of benzene rings is 1. The summed E-state index contributed by atoms with van der Waals surface area (Å²) in [5, 5.41) is 15.3. The van der Waals surface area contributed by atoms with E-state index >= 15 is 0 Å². The number of carboxylic acids is 1. The van der Waals surface area contributed by atoms with Gasteiger partial charge >= 0.3 is 5.97 Å². The molecule has 0 aliphatic heterocycles. The van der Waals surface area contributed by atoms with Crippen molar-refractivity contribution in [2.24, 2.45) is 0 Å². The number of halogens is 2. The van der Waals surface area contributed by atoms with E-state index in [9.17, 15) is 4.79 Å². The molecule has 0 aliphatic carbocycles. The predicted octanol–water partition coefficient (Wildman–Crippen LogP) is 4.04. The molecule has 0 atom stereocenters. The molecule has 132 valence electrons. The minimum Gasteiger partial charge on any atom is -0.480 e. The average molecular weight is 482 g/mol. The van der Waals surface area contributed by atoms with Gasteiger partial charge in [-0.25, -0.2) is 4.98 Å². The second kappa shape index (κ2) is 8.28. The lowest BCUT2D eigenvalue weighted by Gasteiger charge is -2.12. The van der Waals surface area contributed by atoms with E-state index in [0.29, 0.717) is 22.2 Å². The summed E-state index contributed by atoms with van der Waals surface area (Å²) in [6, 6.07) is 11.0. The van der Waals surface area contributed by atoms with Crippen LogP contribution in [-0.2, 0) is 4.79 Å².